The van der Waals surface area contributed by atoms with E-state index in [0.29, 0.717) is 17.2 Å². The second-order valence-electron chi connectivity index (χ2n) is 5.33. The summed E-state index contributed by atoms with van der Waals surface area (Å²) < 4.78 is 5.12. The van der Waals surface area contributed by atoms with Crippen LogP contribution in [0.3, 0.4) is 0 Å². The van der Waals surface area contributed by atoms with E-state index >= 15 is 0 Å². The van der Waals surface area contributed by atoms with Crippen molar-refractivity contribution in [1.82, 2.24) is 0 Å². The first-order valence-corrected chi connectivity index (χ1v) is 6.79. The summed E-state index contributed by atoms with van der Waals surface area (Å²) >= 11 is 0. The molecule has 6 nitrogen and oxygen atoms in total. The van der Waals surface area contributed by atoms with Crippen LogP contribution < -0.4 is 11.1 Å². The monoisotopic (exact) mass is 290 g/mol. The van der Waals surface area contributed by atoms with Crippen LogP contribution in [0.4, 0.5) is 5.69 Å². The van der Waals surface area contributed by atoms with Gasteiger partial charge >= 0.3 is 5.97 Å². The van der Waals surface area contributed by atoms with Crippen LogP contribution in [0.5, 0.6) is 0 Å². The van der Waals surface area contributed by atoms with Gasteiger partial charge in [0.05, 0.1) is 5.92 Å². The molecule has 2 amide bonds. The SMILES string of the molecule is CC(OC(=O)C1CC1C)C(=O)Nc1ccc(C(N)=O)cc1. The summed E-state index contributed by atoms with van der Waals surface area (Å²) in [5.41, 5.74) is 5.99. The molecule has 1 aromatic carbocycles. The van der Waals surface area contributed by atoms with Gasteiger partial charge in [0, 0.05) is 11.3 Å². The van der Waals surface area contributed by atoms with E-state index in [4.69, 9.17) is 10.5 Å². The zero-order chi connectivity index (χ0) is 15.6. The van der Waals surface area contributed by atoms with Gasteiger partial charge in [-0.2, -0.15) is 0 Å². The lowest BCUT2D eigenvalue weighted by atomic mass is 10.2. The number of carbonyl (C=O) groups is 3. The number of hydrogen-bond donors (Lipinski definition) is 2. The van der Waals surface area contributed by atoms with E-state index in [0.717, 1.165) is 6.42 Å². The lowest BCUT2D eigenvalue weighted by Crippen LogP contribution is -2.30. The molecule has 3 atom stereocenters. The fourth-order valence-corrected chi connectivity index (χ4v) is 1.93. The molecule has 1 aromatic rings. The normalized spacial score (nSPS) is 21.2. The highest BCUT2D eigenvalue weighted by atomic mass is 16.5. The van der Waals surface area contributed by atoms with Crippen LogP contribution in [0.15, 0.2) is 24.3 Å². The fourth-order valence-electron chi connectivity index (χ4n) is 1.93. The predicted molar refractivity (Wildman–Crippen MR) is 76.4 cm³/mol. The third-order valence-corrected chi connectivity index (χ3v) is 3.51. The van der Waals surface area contributed by atoms with Gasteiger partial charge in [-0.1, -0.05) is 6.92 Å². The molecule has 0 heterocycles. The molecule has 6 heteroatoms. The van der Waals surface area contributed by atoms with E-state index in [1.54, 1.807) is 12.1 Å². The van der Waals surface area contributed by atoms with E-state index < -0.39 is 17.9 Å². The van der Waals surface area contributed by atoms with E-state index in [1.165, 1.54) is 19.1 Å². The zero-order valence-electron chi connectivity index (χ0n) is 12.0. The van der Waals surface area contributed by atoms with E-state index in [-0.39, 0.29) is 11.9 Å². The third kappa shape index (κ3) is 3.81. The quantitative estimate of drug-likeness (QED) is 0.799. The van der Waals surface area contributed by atoms with Crippen molar-refractivity contribution < 1.29 is 19.1 Å². The number of rotatable bonds is 5. The van der Waals surface area contributed by atoms with Gasteiger partial charge in [-0.15, -0.1) is 0 Å². The van der Waals surface area contributed by atoms with Crippen LogP contribution in [0.25, 0.3) is 0 Å². The highest BCUT2D eigenvalue weighted by molar-refractivity contribution is 5.96. The largest absolute Gasteiger partial charge is 0.452 e. The number of amides is 2. The zero-order valence-corrected chi connectivity index (χ0v) is 12.0. The van der Waals surface area contributed by atoms with Crippen molar-refractivity contribution in [3.05, 3.63) is 29.8 Å². The van der Waals surface area contributed by atoms with Crippen molar-refractivity contribution >= 4 is 23.5 Å². The Balaban J connectivity index is 1.88. The molecule has 1 aliphatic rings. The van der Waals surface area contributed by atoms with Crippen molar-refractivity contribution in [2.75, 3.05) is 5.32 Å². The average Bonchev–Trinajstić information content (AvgIpc) is 3.16. The number of primary amides is 1. The molecule has 0 radical (unpaired) electrons. The first-order valence-electron chi connectivity index (χ1n) is 6.79. The topological polar surface area (TPSA) is 98.5 Å². The fraction of sp³-hybridized carbons (Fsp3) is 0.400. The minimum Gasteiger partial charge on any atom is -0.452 e. The van der Waals surface area contributed by atoms with Crippen molar-refractivity contribution in [2.24, 2.45) is 17.6 Å². The minimum atomic E-state index is -0.860. The second kappa shape index (κ2) is 5.95. The Hall–Kier alpha value is -2.37. The molecule has 3 N–H and O–H groups in total. The number of anilines is 1. The molecular weight excluding hydrogens is 272 g/mol. The summed E-state index contributed by atoms with van der Waals surface area (Å²) in [6.45, 7) is 3.50. The molecule has 0 saturated heterocycles. The lowest BCUT2D eigenvalue weighted by Gasteiger charge is -2.13. The molecular formula is C15H18N2O4. The number of esters is 1. The van der Waals surface area contributed by atoms with Crippen molar-refractivity contribution in [3.8, 4) is 0 Å². The molecule has 1 fully saturated rings. The number of hydrogen-bond acceptors (Lipinski definition) is 4. The maximum Gasteiger partial charge on any atom is 0.309 e. The van der Waals surface area contributed by atoms with Gasteiger partial charge in [-0.25, -0.2) is 0 Å². The summed E-state index contributed by atoms with van der Waals surface area (Å²) in [5, 5.41) is 2.62. The van der Waals surface area contributed by atoms with E-state index in [2.05, 4.69) is 5.32 Å². The van der Waals surface area contributed by atoms with Gasteiger partial charge in [0.25, 0.3) is 5.91 Å². The Morgan fingerprint density at radius 3 is 2.33 bits per heavy atom. The van der Waals surface area contributed by atoms with Crippen LogP contribution in [0, 0.1) is 11.8 Å². The maximum atomic E-state index is 11.9. The highest BCUT2D eigenvalue weighted by Crippen LogP contribution is 2.38. The Kier molecular flexibility index (Phi) is 4.26. The van der Waals surface area contributed by atoms with Crippen LogP contribution in [0.2, 0.25) is 0 Å². The molecule has 0 aliphatic heterocycles. The molecule has 1 aliphatic carbocycles. The molecule has 0 bridgehead atoms. The molecule has 0 aromatic heterocycles. The number of ether oxygens (including phenoxy) is 1. The molecule has 3 unspecified atom stereocenters. The minimum absolute atomic E-state index is 0.0740. The lowest BCUT2D eigenvalue weighted by molar-refractivity contribution is -0.154. The van der Waals surface area contributed by atoms with Crippen LogP contribution in [-0.4, -0.2) is 23.9 Å². The molecule has 1 saturated carbocycles. The van der Waals surface area contributed by atoms with Crippen molar-refractivity contribution in [2.45, 2.75) is 26.4 Å². The maximum absolute atomic E-state index is 11.9. The van der Waals surface area contributed by atoms with Gasteiger partial charge in [0.2, 0.25) is 5.91 Å². The Labute approximate surface area is 122 Å². The van der Waals surface area contributed by atoms with Gasteiger partial charge in [-0.05, 0) is 43.5 Å². The van der Waals surface area contributed by atoms with Crippen molar-refractivity contribution in [1.29, 1.82) is 0 Å². The molecule has 2 rings (SSSR count). The summed E-state index contributed by atoms with van der Waals surface area (Å²) in [7, 11) is 0. The van der Waals surface area contributed by atoms with Crippen LogP contribution in [-0.2, 0) is 14.3 Å². The Morgan fingerprint density at radius 2 is 1.86 bits per heavy atom. The Morgan fingerprint density at radius 1 is 1.29 bits per heavy atom. The van der Waals surface area contributed by atoms with Gasteiger partial charge in [0.1, 0.15) is 0 Å². The number of benzene rings is 1. The van der Waals surface area contributed by atoms with Gasteiger partial charge in [0.15, 0.2) is 6.10 Å². The molecule has 0 spiro atoms. The highest BCUT2D eigenvalue weighted by Gasteiger charge is 2.41. The number of nitrogens with one attached hydrogen (secondary N) is 1. The van der Waals surface area contributed by atoms with Crippen LogP contribution >= 0.6 is 0 Å². The standard InChI is InChI=1S/C15H18N2O4/c1-8-7-12(8)15(20)21-9(2)14(19)17-11-5-3-10(4-6-11)13(16)18/h3-6,8-9,12H,7H2,1-2H3,(H2,16,18)(H,17,19). The average molecular weight is 290 g/mol. The number of carbonyl (C=O) groups excluding carboxylic acids is 3. The van der Waals surface area contributed by atoms with E-state index in [1.807, 2.05) is 6.92 Å². The van der Waals surface area contributed by atoms with Gasteiger partial charge < -0.3 is 15.8 Å². The number of nitrogens with two attached hydrogens (primary N) is 1. The summed E-state index contributed by atoms with van der Waals surface area (Å²) in [6.07, 6.45) is -0.0389. The van der Waals surface area contributed by atoms with Crippen molar-refractivity contribution in [3.63, 3.8) is 0 Å². The summed E-state index contributed by atoms with van der Waals surface area (Å²) in [5.74, 6) is -1.00. The summed E-state index contributed by atoms with van der Waals surface area (Å²) in [6, 6.07) is 6.16. The molecule has 21 heavy (non-hydrogen) atoms. The Bertz CT molecular complexity index is 568. The first-order chi connectivity index (χ1) is 9.88. The first kappa shape index (κ1) is 15.0. The predicted octanol–water partition coefficient (Wildman–Crippen LogP) is 1.31. The van der Waals surface area contributed by atoms with Gasteiger partial charge in [-0.3, -0.25) is 14.4 Å². The third-order valence-electron chi connectivity index (χ3n) is 3.51. The second-order valence-corrected chi connectivity index (χ2v) is 5.33. The summed E-state index contributed by atoms with van der Waals surface area (Å²) in [4.78, 5) is 34.5. The van der Waals surface area contributed by atoms with Crippen LogP contribution in [0.1, 0.15) is 30.6 Å². The molecule has 112 valence electrons. The van der Waals surface area contributed by atoms with E-state index in [9.17, 15) is 14.4 Å². The smallest absolute Gasteiger partial charge is 0.309 e.